The molecule has 1 aromatic rings. The number of furan rings is 1. The fraction of sp³-hybridized carbons (Fsp3) is 0.692. The lowest BCUT2D eigenvalue weighted by Gasteiger charge is -2.39. The van der Waals surface area contributed by atoms with Gasteiger partial charge in [-0.25, -0.2) is 0 Å². The number of nitrogens with zero attached hydrogens (tertiary/aromatic N) is 2. The van der Waals surface area contributed by atoms with Crippen LogP contribution < -0.4 is 5.73 Å². The van der Waals surface area contributed by atoms with Crippen molar-refractivity contribution < 1.29 is 4.42 Å². The molecule has 2 rings (SSSR count). The second-order valence-corrected chi connectivity index (χ2v) is 5.99. The topological polar surface area (TPSA) is 45.6 Å². The van der Waals surface area contributed by atoms with Crippen molar-refractivity contribution in [1.29, 1.82) is 0 Å². The van der Waals surface area contributed by atoms with Gasteiger partial charge in [0.25, 0.3) is 0 Å². The zero-order valence-electron chi connectivity index (χ0n) is 11.1. The number of hydrogen-bond donors (Lipinski definition) is 1. The van der Waals surface area contributed by atoms with E-state index in [1.165, 1.54) is 12.8 Å². The Morgan fingerprint density at radius 3 is 2.94 bits per heavy atom. The fourth-order valence-corrected chi connectivity index (χ4v) is 3.12. The monoisotopic (exact) mass is 315 g/mol. The van der Waals surface area contributed by atoms with Gasteiger partial charge < -0.3 is 15.1 Å². The first-order chi connectivity index (χ1) is 8.63. The molecule has 2 N–H and O–H groups in total. The van der Waals surface area contributed by atoms with Crippen LogP contribution in [0.2, 0.25) is 0 Å². The molecule has 102 valence electrons. The van der Waals surface area contributed by atoms with Gasteiger partial charge in [0.05, 0.1) is 16.8 Å². The van der Waals surface area contributed by atoms with E-state index in [1.54, 1.807) is 6.26 Å². The van der Waals surface area contributed by atoms with E-state index in [0.717, 1.165) is 23.3 Å². The van der Waals surface area contributed by atoms with Crippen LogP contribution >= 0.6 is 15.9 Å². The average Bonchev–Trinajstić information content (AvgIpc) is 2.77. The van der Waals surface area contributed by atoms with Crippen molar-refractivity contribution in [3.63, 3.8) is 0 Å². The summed E-state index contributed by atoms with van der Waals surface area (Å²) >= 11 is 3.53. The molecule has 1 fully saturated rings. The molecule has 2 unspecified atom stereocenters. The molecule has 0 bridgehead atoms. The predicted octanol–water partition coefficient (Wildman–Crippen LogP) is 2.07. The first kappa shape index (κ1) is 14.1. The van der Waals surface area contributed by atoms with Gasteiger partial charge >= 0.3 is 0 Å². The highest BCUT2D eigenvalue weighted by atomic mass is 79.9. The first-order valence-corrected chi connectivity index (χ1v) is 7.26. The van der Waals surface area contributed by atoms with Gasteiger partial charge in [0, 0.05) is 19.1 Å². The van der Waals surface area contributed by atoms with Crippen LogP contribution in [0.1, 0.15) is 24.6 Å². The molecule has 1 saturated heterocycles. The number of piperidine rings is 1. The van der Waals surface area contributed by atoms with Crippen LogP contribution in [0.3, 0.4) is 0 Å². The Hall–Kier alpha value is -0.360. The molecule has 0 spiro atoms. The van der Waals surface area contributed by atoms with Crippen molar-refractivity contribution in [2.45, 2.75) is 24.9 Å². The molecule has 0 amide bonds. The Morgan fingerprint density at radius 2 is 2.39 bits per heavy atom. The summed E-state index contributed by atoms with van der Waals surface area (Å²) in [6.45, 7) is 2.74. The van der Waals surface area contributed by atoms with Crippen LogP contribution in [0.4, 0.5) is 0 Å². The van der Waals surface area contributed by atoms with Gasteiger partial charge in [0.15, 0.2) is 0 Å². The summed E-state index contributed by atoms with van der Waals surface area (Å²) in [5.74, 6) is 0.955. The highest BCUT2D eigenvalue weighted by molar-refractivity contribution is 9.10. The normalized spacial score (nSPS) is 23.5. The average molecular weight is 316 g/mol. The quantitative estimate of drug-likeness (QED) is 0.924. The number of nitrogens with two attached hydrogens (primary N) is 1. The van der Waals surface area contributed by atoms with E-state index < -0.39 is 0 Å². The maximum atomic E-state index is 5.95. The molecule has 1 aliphatic heterocycles. The summed E-state index contributed by atoms with van der Waals surface area (Å²) in [6.07, 6.45) is 4.20. The Labute approximate surface area is 117 Å². The van der Waals surface area contributed by atoms with E-state index in [2.05, 4.69) is 39.8 Å². The zero-order chi connectivity index (χ0) is 13.1. The Bertz CT molecular complexity index is 380. The van der Waals surface area contributed by atoms with Crippen LogP contribution in [0.15, 0.2) is 21.2 Å². The minimum atomic E-state index is 0.178. The molecule has 0 aromatic carbocycles. The van der Waals surface area contributed by atoms with Gasteiger partial charge in [-0.1, -0.05) is 0 Å². The number of halogens is 1. The SMILES string of the molecule is CN(C)C1CCCN(C(CN)c2occc2Br)C1. The third-order valence-electron chi connectivity index (χ3n) is 3.77. The van der Waals surface area contributed by atoms with Gasteiger partial charge in [-0.15, -0.1) is 0 Å². The number of hydrogen-bond acceptors (Lipinski definition) is 4. The first-order valence-electron chi connectivity index (χ1n) is 6.47. The molecule has 1 aliphatic rings. The second kappa shape index (κ2) is 6.19. The minimum Gasteiger partial charge on any atom is -0.466 e. The summed E-state index contributed by atoms with van der Waals surface area (Å²) in [5.41, 5.74) is 5.95. The van der Waals surface area contributed by atoms with E-state index in [-0.39, 0.29) is 6.04 Å². The lowest BCUT2D eigenvalue weighted by atomic mass is 10.0. The molecule has 18 heavy (non-hydrogen) atoms. The Kier molecular flexibility index (Phi) is 4.84. The third-order valence-corrected chi connectivity index (χ3v) is 4.42. The molecule has 4 nitrogen and oxygen atoms in total. The lowest BCUT2D eigenvalue weighted by molar-refractivity contribution is 0.0889. The highest BCUT2D eigenvalue weighted by Gasteiger charge is 2.29. The van der Waals surface area contributed by atoms with Gasteiger partial charge in [0.1, 0.15) is 5.76 Å². The summed E-state index contributed by atoms with van der Waals surface area (Å²) in [7, 11) is 4.29. The van der Waals surface area contributed by atoms with Crippen LogP contribution in [-0.2, 0) is 0 Å². The van der Waals surface area contributed by atoms with Crippen LogP contribution in [-0.4, -0.2) is 49.6 Å². The van der Waals surface area contributed by atoms with Gasteiger partial charge in [-0.3, -0.25) is 4.90 Å². The van der Waals surface area contributed by atoms with E-state index >= 15 is 0 Å². The van der Waals surface area contributed by atoms with Gasteiger partial charge in [-0.2, -0.15) is 0 Å². The molecule has 0 radical (unpaired) electrons. The van der Waals surface area contributed by atoms with Crippen molar-refractivity contribution in [3.05, 3.63) is 22.6 Å². The smallest absolute Gasteiger partial charge is 0.136 e. The molecule has 2 atom stereocenters. The van der Waals surface area contributed by atoms with Crippen molar-refractivity contribution >= 4 is 15.9 Å². The summed E-state index contributed by atoms with van der Waals surface area (Å²) < 4.78 is 6.60. The van der Waals surface area contributed by atoms with Crippen molar-refractivity contribution in [1.82, 2.24) is 9.80 Å². The van der Waals surface area contributed by atoms with Crippen molar-refractivity contribution in [3.8, 4) is 0 Å². The second-order valence-electron chi connectivity index (χ2n) is 5.14. The number of likely N-dealkylation sites (tertiary alicyclic amines) is 1. The van der Waals surface area contributed by atoms with E-state index in [9.17, 15) is 0 Å². The summed E-state index contributed by atoms with van der Waals surface area (Å²) in [6, 6.07) is 2.73. The maximum Gasteiger partial charge on any atom is 0.136 e. The molecule has 1 aromatic heterocycles. The zero-order valence-corrected chi connectivity index (χ0v) is 12.7. The predicted molar refractivity (Wildman–Crippen MR) is 76.5 cm³/mol. The molecule has 5 heteroatoms. The highest BCUT2D eigenvalue weighted by Crippen LogP contribution is 2.30. The fourth-order valence-electron chi connectivity index (χ4n) is 2.65. The molecular formula is C13H22BrN3O. The third kappa shape index (κ3) is 2.96. The Balaban J connectivity index is 2.11. The van der Waals surface area contributed by atoms with Gasteiger partial charge in [-0.05, 0) is 55.5 Å². The molecular weight excluding hydrogens is 294 g/mol. The number of rotatable bonds is 4. The maximum absolute atomic E-state index is 5.95. The molecule has 2 heterocycles. The molecule has 0 aliphatic carbocycles. The van der Waals surface area contributed by atoms with E-state index in [1.807, 2.05) is 6.07 Å². The van der Waals surface area contributed by atoms with Gasteiger partial charge in [0.2, 0.25) is 0 Å². The van der Waals surface area contributed by atoms with Crippen molar-refractivity contribution in [2.24, 2.45) is 5.73 Å². The van der Waals surface area contributed by atoms with Crippen molar-refractivity contribution in [2.75, 3.05) is 33.7 Å². The van der Waals surface area contributed by atoms with E-state index in [0.29, 0.717) is 12.6 Å². The summed E-state index contributed by atoms with van der Waals surface area (Å²) in [4.78, 5) is 4.74. The lowest BCUT2D eigenvalue weighted by Crippen LogP contribution is -2.47. The largest absolute Gasteiger partial charge is 0.466 e. The minimum absolute atomic E-state index is 0.178. The molecule has 0 saturated carbocycles. The Morgan fingerprint density at radius 1 is 1.61 bits per heavy atom. The van der Waals surface area contributed by atoms with Crippen LogP contribution in [0.5, 0.6) is 0 Å². The van der Waals surface area contributed by atoms with Crippen LogP contribution in [0, 0.1) is 0 Å². The van der Waals surface area contributed by atoms with E-state index in [4.69, 9.17) is 10.2 Å². The standard InChI is InChI=1S/C13H22BrN3O/c1-16(2)10-4-3-6-17(9-10)12(8-15)13-11(14)5-7-18-13/h5,7,10,12H,3-4,6,8-9,15H2,1-2H3. The summed E-state index contributed by atoms with van der Waals surface area (Å²) in [5, 5.41) is 0. The van der Waals surface area contributed by atoms with Crippen LogP contribution in [0.25, 0.3) is 0 Å². The number of likely N-dealkylation sites (N-methyl/N-ethyl adjacent to an activating group) is 1.